The number of hydrogen-bond donors (Lipinski definition) is 3. The summed E-state index contributed by atoms with van der Waals surface area (Å²) in [6.45, 7) is 4.43. The lowest BCUT2D eigenvalue weighted by Crippen LogP contribution is -2.36. The molecule has 0 spiro atoms. The summed E-state index contributed by atoms with van der Waals surface area (Å²) in [5, 5.41) is 12.9. The van der Waals surface area contributed by atoms with Gasteiger partial charge in [0.2, 0.25) is 0 Å². The van der Waals surface area contributed by atoms with Crippen molar-refractivity contribution in [3.63, 3.8) is 0 Å². The molecular formula is C15H27N3O. The largest absolute Gasteiger partial charge is 0.393 e. The van der Waals surface area contributed by atoms with Crippen molar-refractivity contribution in [1.82, 2.24) is 5.32 Å². The van der Waals surface area contributed by atoms with E-state index in [1.54, 1.807) is 0 Å². The molecule has 4 heteroatoms. The van der Waals surface area contributed by atoms with Gasteiger partial charge in [-0.15, -0.1) is 0 Å². The van der Waals surface area contributed by atoms with Gasteiger partial charge in [0.05, 0.1) is 6.10 Å². The average molecular weight is 265 g/mol. The fourth-order valence-corrected chi connectivity index (χ4v) is 2.23. The molecule has 0 saturated carbocycles. The predicted octanol–water partition coefficient (Wildman–Crippen LogP) is 1.50. The number of hydrogen-bond acceptors (Lipinski definition) is 4. The standard InChI is InChI=1S/C15H27N3O/c1-11(9-12(2)19)17-15(10-16)13-5-7-14(8-6-13)18(3)4/h5-8,11-12,15,17,19H,9-10,16H2,1-4H3. The summed E-state index contributed by atoms with van der Waals surface area (Å²) in [5.41, 5.74) is 8.21. The minimum absolute atomic E-state index is 0.130. The third-order valence-corrected chi connectivity index (χ3v) is 3.23. The molecule has 0 saturated heterocycles. The molecule has 0 aliphatic rings. The quantitative estimate of drug-likeness (QED) is 0.699. The molecule has 1 aromatic carbocycles. The van der Waals surface area contributed by atoms with Crippen molar-refractivity contribution in [2.24, 2.45) is 5.73 Å². The maximum atomic E-state index is 9.40. The normalized spacial score (nSPS) is 15.9. The van der Waals surface area contributed by atoms with Crippen LogP contribution in [0.15, 0.2) is 24.3 Å². The average Bonchev–Trinajstić information content (AvgIpc) is 2.35. The summed E-state index contributed by atoms with van der Waals surface area (Å²) in [6, 6.07) is 8.77. The van der Waals surface area contributed by atoms with E-state index in [1.807, 2.05) is 21.0 Å². The number of aliphatic hydroxyl groups is 1. The van der Waals surface area contributed by atoms with Gasteiger partial charge in [0.25, 0.3) is 0 Å². The van der Waals surface area contributed by atoms with Crippen molar-refractivity contribution in [1.29, 1.82) is 0 Å². The van der Waals surface area contributed by atoms with Crippen molar-refractivity contribution in [3.8, 4) is 0 Å². The van der Waals surface area contributed by atoms with E-state index in [2.05, 4.69) is 41.4 Å². The van der Waals surface area contributed by atoms with E-state index in [4.69, 9.17) is 5.73 Å². The van der Waals surface area contributed by atoms with Crippen LogP contribution in [0.4, 0.5) is 5.69 Å². The zero-order chi connectivity index (χ0) is 14.4. The van der Waals surface area contributed by atoms with Gasteiger partial charge < -0.3 is 21.1 Å². The van der Waals surface area contributed by atoms with E-state index in [0.717, 1.165) is 6.42 Å². The van der Waals surface area contributed by atoms with Crippen LogP contribution in [0.3, 0.4) is 0 Å². The van der Waals surface area contributed by atoms with Crippen LogP contribution in [0, 0.1) is 0 Å². The van der Waals surface area contributed by atoms with Gasteiger partial charge in [-0.05, 0) is 38.0 Å². The van der Waals surface area contributed by atoms with Crippen LogP contribution in [-0.4, -0.2) is 37.9 Å². The lowest BCUT2D eigenvalue weighted by atomic mass is 10.0. The predicted molar refractivity (Wildman–Crippen MR) is 81.5 cm³/mol. The van der Waals surface area contributed by atoms with Crippen molar-refractivity contribution in [3.05, 3.63) is 29.8 Å². The summed E-state index contributed by atoms with van der Waals surface area (Å²) in [4.78, 5) is 2.07. The fraction of sp³-hybridized carbons (Fsp3) is 0.600. The van der Waals surface area contributed by atoms with Crippen LogP contribution >= 0.6 is 0 Å². The van der Waals surface area contributed by atoms with Crippen LogP contribution in [0.2, 0.25) is 0 Å². The summed E-state index contributed by atoms with van der Waals surface area (Å²) in [6.07, 6.45) is 0.434. The number of nitrogens with zero attached hydrogens (tertiary/aromatic N) is 1. The Morgan fingerprint density at radius 3 is 2.21 bits per heavy atom. The van der Waals surface area contributed by atoms with Crippen LogP contribution in [0.25, 0.3) is 0 Å². The molecule has 0 heterocycles. The lowest BCUT2D eigenvalue weighted by molar-refractivity contribution is 0.168. The van der Waals surface area contributed by atoms with E-state index in [-0.39, 0.29) is 18.2 Å². The SMILES string of the molecule is CC(O)CC(C)NC(CN)c1ccc(N(C)C)cc1. The van der Waals surface area contributed by atoms with Gasteiger partial charge in [-0.3, -0.25) is 0 Å². The third kappa shape index (κ3) is 5.19. The first kappa shape index (κ1) is 16.0. The first-order valence-electron chi connectivity index (χ1n) is 6.85. The second-order valence-corrected chi connectivity index (χ2v) is 5.43. The van der Waals surface area contributed by atoms with Gasteiger partial charge in [-0.1, -0.05) is 12.1 Å². The Kier molecular flexibility index (Phi) is 6.28. The molecule has 0 fully saturated rings. The molecule has 108 valence electrons. The highest BCUT2D eigenvalue weighted by atomic mass is 16.3. The van der Waals surface area contributed by atoms with Crippen molar-refractivity contribution < 1.29 is 5.11 Å². The van der Waals surface area contributed by atoms with Gasteiger partial charge in [0, 0.05) is 38.4 Å². The Hall–Kier alpha value is -1.10. The van der Waals surface area contributed by atoms with E-state index in [9.17, 15) is 5.11 Å². The minimum atomic E-state index is -0.294. The van der Waals surface area contributed by atoms with Crippen LogP contribution in [0.5, 0.6) is 0 Å². The summed E-state index contributed by atoms with van der Waals surface area (Å²) >= 11 is 0. The highest BCUT2D eigenvalue weighted by Crippen LogP contribution is 2.18. The minimum Gasteiger partial charge on any atom is -0.393 e. The van der Waals surface area contributed by atoms with Crippen LogP contribution < -0.4 is 16.0 Å². The molecule has 0 radical (unpaired) electrons. The zero-order valence-electron chi connectivity index (χ0n) is 12.4. The van der Waals surface area contributed by atoms with E-state index >= 15 is 0 Å². The Morgan fingerprint density at radius 2 is 1.79 bits per heavy atom. The summed E-state index contributed by atoms with van der Waals surface area (Å²) < 4.78 is 0. The third-order valence-electron chi connectivity index (χ3n) is 3.23. The maximum Gasteiger partial charge on any atom is 0.0526 e. The molecule has 0 aliphatic heterocycles. The molecular weight excluding hydrogens is 238 g/mol. The molecule has 0 aromatic heterocycles. The van der Waals surface area contributed by atoms with Gasteiger partial charge in [0.15, 0.2) is 0 Å². The molecule has 0 amide bonds. The highest BCUT2D eigenvalue weighted by molar-refractivity contribution is 5.46. The second-order valence-electron chi connectivity index (χ2n) is 5.43. The van der Waals surface area contributed by atoms with Crippen molar-refractivity contribution in [2.45, 2.75) is 38.5 Å². The van der Waals surface area contributed by atoms with Crippen molar-refractivity contribution >= 4 is 5.69 Å². The number of aliphatic hydroxyl groups excluding tert-OH is 1. The van der Waals surface area contributed by atoms with Crippen molar-refractivity contribution in [2.75, 3.05) is 25.5 Å². The van der Waals surface area contributed by atoms with Gasteiger partial charge in [-0.25, -0.2) is 0 Å². The number of nitrogens with two attached hydrogens (primary N) is 1. The first-order chi connectivity index (χ1) is 8.93. The first-order valence-corrected chi connectivity index (χ1v) is 6.85. The van der Waals surface area contributed by atoms with E-state index in [0.29, 0.717) is 6.54 Å². The van der Waals surface area contributed by atoms with Crippen LogP contribution in [0.1, 0.15) is 31.9 Å². The molecule has 4 N–H and O–H groups in total. The monoisotopic (exact) mass is 265 g/mol. The Labute approximate surface area is 116 Å². The van der Waals surface area contributed by atoms with Gasteiger partial charge in [0.1, 0.15) is 0 Å². The molecule has 4 nitrogen and oxygen atoms in total. The van der Waals surface area contributed by atoms with Crippen LogP contribution in [-0.2, 0) is 0 Å². The smallest absolute Gasteiger partial charge is 0.0526 e. The van der Waals surface area contributed by atoms with E-state index < -0.39 is 0 Å². The Balaban J connectivity index is 2.68. The fourth-order valence-electron chi connectivity index (χ4n) is 2.23. The molecule has 1 rings (SSSR count). The second kappa shape index (κ2) is 7.48. The zero-order valence-corrected chi connectivity index (χ0v) is 12.4. The summed E-state index contributed by atoms with van der Waals surface area (Å²) in [7, 11) is 4.05. The van der Waals surface area contributed by atoms with Gasteiger partial charge >= 0.3 is 0 Å². The number of benzene rings is 1. The topological polar surface area (TPSA) is 61.5 Å². The number of rotatable bonds is 7. The number of nitrogens with one attached hydrogen (secondary N) is 1. The molecule has 3 unspecified atom stereocenters. The maximum absolute atomic E-state index is 9.40. The molecule has 0 bridgehead atoms. The summed E-state index contributed by atoms with van der Waals surface area (Å²) in [5.74, 6) is 0. The Bertz CT molecular complexity index is 362. The number of anilines is 1. The van der Waals surface area contributed by atoms with Gasteiger partial charge in [-0.2, -0.15) is 0 Å². The molecule has 1 aromatic rings. The Morgan fingerprint density at radius 1 is 1.21 bits per heavy atom. The van der Waals surface area contributed by atoms with E-state index in [1.165, 1.54) is 11.3 Å². The lowest BCUT2D eigenvalue weighted by Gasteiger charge is -2.24. The molecule has 0 aliphatic carbocycles. The highest BCUT2D eigenvalue weighted by Gasteiger charge is 2.14. The molecule has 19 heavy (non-hydrogen) atoms. The molecule has 3 atom stereocenters.